The van der Waals surface area contributed by atoms with Crippen LogP contribution in [0.15, 0.2) is 26.4 Å². The summed E-state index contributed by atoms with van der Waals surface area (Å²) in [6.07, 6.45) is 5.69. The van der Waals surface area contributed by atoms with E-state index in [0.717, 1.165) is 27.4 Å². The number of nitrogens with two attached hydrogens (primary N) is 1. The highest BCUT2D eigenvalue weighted by atomic mass is 79.9. The molecule has 0 saturated heterocycles. The van der Waals surface area contributed by atoms with Crippen LogP contribution >= 0.6 is 31.9 Å². The Labute approximate surface area is 129 Å². The molecule has 0 unspecified atom stereocenters. The first-order valence-corrected chi connectivity index (χ1v) is 8.03. The van der Waals surface area contributed by atoms with Gasteiger partial charge in [-0.25, -0.2) is 0 Å². The zero-order chi connectivity index (χ0) is 13.8. The Balaban J connectivity index is 2.15. The summed E-state index contributed by atoms with van der Waals surface area (Å²) >= 11 is 6.86. The number of halogens is 2. The maximum atomic E-state index is 11.1. The third-order valence-electron chi connectivity index (χ3n) is 3.61. The third kappa shape index (κ3) is 3.69. The fraction of sp³-hybridized carbons (Fsp3) is 0.538. The van der Waals surface area contributed by atoms with Crippen molar-refractivity contribution in [2.75, 3.05) is 5.73 Å². The van der Waals surface area contributed by atoms with Crippen molar-refractivity contribution in [3.63, 3.8) is 0 Å². The highest BCUT2D eigenvalue weighted by Gasteiger charge is 2.22. The summed E-state index contributed by atoms with van der Waals surface area (Å²) in [6, 6.07) is 4.10. The summed E-state index contributed by atoms with van der Waals surface area (Å²) in [4.78, 5) is 11.1. The molecule has 1 aromatic rings. The largest absolute Gasteiger partial charge is 0.398 e. The maximum absolute atomic E-state index is 11.1. The monoisotopic (exact) mass is 389 g/mol. The van der Waals surface area contributed by atoms with Gasteiger partial charge in [0.25, 0.3) is 0 Å². The lowest BCUT2D eigenvalue weighted by Gasteiger charge is -2.29. The standard InChI is InChI=1S/C13H17Br2N3O/c14-10-6-9(13(16)12(15)7-10)8-18(17-19)11-4-2-1-3-5-11/h6-7,11H,1-5,8,16H2. The zero-order valence-electron chi connectivity index (χ0n) is 10.6. The van der Waals surface area contributed by atoms with Gasteiger partial charge in [-0.1, -0.05) is 35.2 Å². The first-order chi connectivity index (χ1) is 9.11. The predicted octanol–water partition coefficient (Wildman–Crippen LogP) is 4.61. The van der Waals surface area contributed by atoms with Gasteiger partial charge in [0.05, 0.1) is 23.6 Å². The molecule has 1 aliphatic rings. The number of hydrogen-bond donors (Lipinski definition) is 1. The average Bonchev–Trinajstić information content (AvgIpc) is 2.42. The van der Waals surface area contributed by atoms with E-state index in [4.69, 9.17) is 5.73 Å². The van der Waals surface area contributed by atoms with Gasteiger partial charge in [0.2, 0.25) is 0 Å². The van der Waals surface area contributed by atoms with Crippen LogP contribution in [0.4, 0.5) is 5.69 Å². The molecule has 0 aliphatic heterocycles. The number of rotatable bonds is 4. The Morgan fingerprint density at radius 1 is 1.26 bits per heavy atom. The second-order valence-electron chi connectivity index (χ2n) is 4.93. The van der Waals surface area contributed by atoms with Crippen LogP contribution in [0.2, 0.25) is 0 Å². The average molecular weight is 391 g/mol. The molecule has 104 valence electrons. The van der Waals surface area contributed by atoms with Crippen molar-refractivity contribution < 1.29 is 0 Å². The van der Waals surface area contributed by atoms with Gasteiger partial charge in [-0.15, -0.1) is 4.91 Å². The second-order valence-corrected chi connectivity index (χ2v) is 6.70. The number of anilines is 1. The first kappa shape index (κ1) is 14.8. The third-order valence-corrected chi connectivity index (χ3v) is 4.73. The van der Waals surface area contributed by atoms with E-state index in [2.05, 4.69) is 37.1 Å². The minimum Gasteiger partial charge on any atom is -0.398 e. The molecule has 0 atom stereocenters. The Morgan fingerprint density at radius 3 is 2.58 bits per heavy atom. The molecule has 2 N–H and O–H groups in total. The fourth-order valence-electron chi connectivity index (χ4n) is 2.55. The summed E-state index contributed by atoms with van der Waals surface area (Å²) < 4.78 is 1.78. The summed E-state index contributed by atoms with van der Waals surface area (Å²) in [5.41, 5.74) is 7.64. The normalized spacial score (nSPS) is 16.3. The van der Waals surface area contributed by atoms with E-state index in [0.29, 0.717) is 12.2 Å². The molecule has 6 heteroatoms. The lowest BCUT2D eigenvalue weighted by molar-refractivity contribution is 0.151. The van der Waals surface area contributed by atoms with Crippen LogP contribution in [-0.2, 0) is 6.54 Å². The summed E-state index contributed by atoms with van der Waals surface area (Å²) in [5.74, 6) is 0. The van der Waals surface area contributed by atoms with Gasteiger partial charge in [0.15, 0.2) is 0 Å². The van der Waals surface area contributed by atoms with Gasteiger partial charge in [0, 0.05) is 8.95 Å². The molecule has 0 heterocycles. The minimum absolute atomic E-state index is 0.253. The van der Waals surface area contributed by atoms with Crippen molar-refractivity contribution in [2.45, 2.75) is 44.7 Å². The van der Waals surface area contributed by atoms with Crippen molar-refractivity contribution in [1.29, 1.82) is 0 Å². The first-order valence-electron chi connectivity index (χ1n) is 6.45. The predicted molar refractivity (Wildman–Crippen MR) is 84.5 cm³/mol. The number of benzene rings is 1. The van der Waals surface area contributed by atoms with E-state index in [1.165, 1.54) is 19.3 Å². The molecule has 0 aromatic heterocycles. The molecule has 1 saturated carbocycles. The van der Waals surface area contributed by atoms with Crippen molar-refractivity contribution in [3.8, 4) is 0 Å². The Bertz CT molecular complexity index is 461. The molecule has 1 aliphatic carbocycles. The molecule has 1 aromatic carbocycles. The van der Waals surface area contributed by atoms with E-state index in [1.54, 1.807) is 5.01 Å². The summed E-state index contributed by atoms with van der Waals surface area (Å²) in [6.45, 7) is 0.470. The minimum atomic E-state index is 0.253. The molecule has 19 heavy (non-hydrogen) atoms. The summed E-state index contributed by atoms with van der Waals surface area (Å²) in [7, 11) is 0. The smallest absolute Gasteiger partial charge is 0.0666 e. The molecule has 0 amide bonds. The van der Waals surface area contributed by atoms with Crippen LogP contribution in [0.1, 0.15) is 37.7 Å². The molecule has 4 nitrogen and oxygen atoms in total. The number of hydrogen-bond acceptors (Lipinski definition) is 3. The Morgan fingerprint density at radius 2 is 1.95 bits per heavy atom. The van der Waals surface area contributed by atoms with Crippen LogP contribution in [0.5, 0.6) is 0 Å². The molecule has 0 bridgehead atoms. The second kappa shape index (κ2) is 6.70. The van der Waals surface area contributed by atoms with E-state index >= 15 is 0 Å². The number of nitrogens with zero attached hydrogens (tertiary/aromatic N) is 2. The van der Waals surface area contributed by atoms with E-state index in [9.17, 15) is 4.91 Å². The quantitative estimate of drug-likeness (QED) is 0.463. The Hall–Kier alpha value is -0.620. The lowest BCUT2D eigenvalue weighted by atomic mass is 9.95. The molecule has 1 fully saturated rings. The van der Waals surface area contributed by atoms with Crippen LogP contribution in [-0.4, -0.2) is 11.1 Å². The van der Waals surface area contributed by atoms with Crippen LogP contribution in [0.25, 0.3) is 0 Å². The molecule has 0 radical (unpaired) electrons. The van der Waals surface area contributed by atoms with Gasteiger partial charge in [-0.05, 0) is 46.5 Å². The van der Waals surface area contributed by atoms with Gasteiger partial charge >= 0.3 is 0 Å². The van der Waals surface area contributed by atoms with Crippen molar-refractivity contribution in [2.24, 2.45) is 5.29 Å². The van der Waals surface area contributed by atoms with Gasteiger partial charge in [-0.3, -0.25) is 5.01 Å². The van der Waals surface area contributed by atoms with E-state index < -0.39 is 0 Å². The number of nitroso groups, excluding NO2 is 1. The van der Waals surface area contributed by atoms with E-state index in [-0.39, 0.29) is 6.04 Å². The molecule has 2 rings (SSSR count). The summed E-state index contributed by atoms with van der Waals surface area (Å²) in [5, 5.41) is 4.85. The molecular formula is C13H17Br2N3O. The highest BCUT2D eigenvalue weighted by Crippen LogP contribution is 2.31. The van der Waals surface area contributed by atoms with Crippen molar-refractivity contribution in [1.82, 2.24) is 5.01 Å². The van der Waals surface area contributed by atoms with Crippen LogP contribution < -0.4 is 5.73 Å². The van der Waals surface area contributed by atoms with Crippen molar-refractivity contribution >= 4 is 37.5 Å². The SMILES string of the molecule is Nc1c(Br)cc(Br)cc1CN(N=O)C1CCCCC1. The Kier molecular flexibility index (Phi) is 5.21. The zero-order valence-corrected chi connectivity index (χ0v) is 13.8. The molecular weight excluding hydrogens is 374 g/mol. The van der Waals surface area contributed by atoms with Gasteiger partial charge in [-0.2, -0.15) is 0 Å². The van der Waals surface area contributed by atoms with Crippen LogP contribution in [0, 0.1) is 4.91 Å². The maximum Gasteiger partial charge on any atom is 0.0666 e. The van der Waals surface area contributed by atoms with Crippen LogP contribution in [0.3, 0.4) is 0 Å². The molecule has 0 spiro atoms. The van der Waals surface area contributed by atoms with E-state index in [1.807, 2.05) is 12.1 Å². The van der Waals surface area contributed by atoms with Crippen molar-refractivity contribution in [3.05, 3.63) is 31.5 Å². The highest BCUT2D eigenvalue weighted by molar-refractivity contribution is 9.11. The topological polar surface area (TPSA) is 58.7 Å². The van der Waals surface area contributed by atoms with Gasteiger partial charge in [0.1, 0.15) is 0 Å². The van der Waals surface area contributed by atoms with Gasteiger partial charge < -0.3 is 5.73 Å². The number of nitrogen functional groups attached to an aromatic ring is 1. The lowest BCUT2D eigenvalue weighted by Crippen LogP contribution is -2.32. The fourth-order valence-corrected chi connectivity index (χ4v) is 3.86.